The van der Waals surface area contributed by atoms with Gasteiger partial charge in [-0.2, -0.15) is 5.10 Å². The molecule has 0 unspecified atom stereocenters. The van der Waals surface area contributed by atoms with Crippen LogP contribution in [-0.2, 0) is 6.54 Å². The van der Waals surface area contributed by atoms with Crippen molar-refractivity contribution in [2.45, 2.75) is 6.54 Å². The van der Waals surface area contributed by atoms with Gasteiger partial charge in [0.2, 0.25) is 0 Å². The number of nitro groups is 1. The molecule has 0 aliphatic carbocycles. The van der Waals surface area contributed by atoms with Crippen molar-refractivity contribution < 1.29 is 14.1 Å². The van der Waals surface area contributed by atoms with Crippen molar-refractivity contribution in [3.05, 3.63) is 86.9 Å². The van der Waals surface area contributed by atoms with Crippen LogP contribution in [0.15, 0.2) is 54.9 Å². The molecular formula is C17H12ClFN4O3. The molecule has 132 valence electrons. The van der Waals surface area contributed by atoms with Gasteiger partial charge in [-0.05, 0) is 17.7 Å². The molecular weight excluding hydrogens is 363 g/mol. The molecule has 1 N–H and O–H groups in total. The average Bonchev–Trinajstić information content (AvgIpc) is 3.07. The van der Waals surface area contributed by atoms with Crippen LogP contribution in [0.25, 0.3) is 0 Å². The topological polar surface area (TPSA) is 90.1 Å². The number of nitro benzene ring substituents is 1. The first-order chi connectivity index (χ1) is 12.4. The van der Waals surface area contributed by atoms with Gasteiger partial charge in [0.05, 0.1) is 28.9 Å². The van der Waals surface area contributed by atoms with Crippen LogP contribution in [0.3, 0.4) is 0 Å². The standard InChI is InChI=1S/C17H12ClFN4O3/c18-14-4-2-1-3-11(14)9-22-10-12(8-20-22)17(24)21-16-7-13(23(25)26)5-6-15(16)19/h1-8,10H,9H2,(H,21,24). The second kappa shape index (κ2) is 7.32. The molecule has 0 aliphatic heterocycles. The number of nitrogens with zero attached hydrogens (tertiary/aromatic N) is 3. The number of anilines is 1. The molecule has 0 spiro atoms. The predicted molar refractivity (Wildman–Crippen MR) is 93.8 cm³/mol. The lowest BCUT2D eigenvalue weighted by atomic mass is 10.2. The number of benzene rings is 2. The van der Waals surface area contributed by atoms with E-state index in [2.05, 4.69) is 10.4 Å². The van der Waals surface area contributed by atoms with E-state index in [4.69, 9.17) is 11.6 Å². The van der Waals surface area contributed by atoms with Crippen LogP contribution in [-0.4, -0.2) is 20.6 Å². The van der Waals surface area contributed by atoms with Crippen molar-refractivity contribution in [2.75, 3.05) is 5.32 Å². The number of rotatable bonds is 5. The molecule has 7 nitrogen and oxygen atoms in total. The van der Waals surface area contributed by atoms with E-state index < -0.39 is 16.6 Å². The smallest absolute Gasteiger partial charge is 0.271 e. The van der Waals surface area contributed by atoms with E-state index in [9.17, 15) is 19.3 Å². The molecule has 0 fully saturated rings. The molecule has 0 aliphatic rings. The van der Waals surface area contributed by atoms with Gasteiger partial charge in [0, 0.05) is 23.4 Å². The van der Waals surface area contributed by atoms with Crippen LogP contribution in [0.5, 0.6) is 0 Å². The number of hydrogen-bond donors (Lipinski definition) is 1. The maximum absolute atomic E-state index is 13.8. The Morgan fingerprint density at radius 2 is 2.08 bits per heavy atom. The predicted octanol–water partition coefficient (Wildman–Crippen LogP) is 3.88. The number of aromatic nitrogens is 2. The summed E-state index contributed by atoms with van der Waals surface area (Å²) < 4.78 is 15.3. The second-order valence-corrected chi connectivity index (χ2v) is 5.80. The van der Waals surface area contributed by atoms with Crippen molar-refractivity contribution in [3.8, 4) is 0 Å². The van der Waals surface area contributed by atoms with Crippen molar-refractivity contribution in [1.29, 1.82) is 0 Å². The number of hydrogen-bond acceptors (Lipinski definition) is 4. The number of carbonyl (C=O) groups is 1. The van der Waals surface area contributed by atoms with Gasteiger partial charge in [0.25, 0.3) is 11.6 Å². The second-order valence-electron chi connectivity index (χ2n) is 5.39. The molecule has 0 atom stereocenters. The Bertz CT molecular complexity index is 990. The molecule has 3 aromatic rings. The van der Waals surface area contributed by atoms with Gasteiger partial charge in [-0.25, -0.2) is 4.39 Å². The summed E-state index contributed by atoms with van der Waals surface area (Å²) in [4.78, 5) is 22.4. The zero-order chi connectivity index (χ0) is 18.7. The molecule has 0 saturated carbocycles. The Morgan fingerprint density at radius 1 is 1.31 bits per heavy atom. The molecule has 1 aromatic heterocycles. The van der Waals surface area contributed by atoms with Crippen LogP contribution in [0.1, 0.15) is 15.9 Å². The molecule has 9 heteroatoms. The normalized spacial score (nSPS) is 10.5. The Kier molecular flexibility index (Phi) is 4.94. The minimum atomic E-state index is -0.771. The minimum absolute atomic E-state index is 0.183. The highest BCUT2D eigenvalue weighted by molar-refractivity contribution is 6.31. The van der Waals surface area contributed by atoms with Gasteiger partial charge in [-0.3, -0.25) is 19.6 Å². The fraction of sp³-hybridized carbons (Fsp3) is 0.0588. The summed E-state index contributed by atoms with van der Waals surface area (Å²) in [7, 11) is 0. The van der Waals surface area contributed by atoms with Crippen LogP contribution in [0.2, 0.25) is 5.02 Å². The highest BCUT2D eigenvalue weighted by Crippen LogP contribution is 2.22. The summed E-state index contributed by atoms with van der Waals surface area (Å²) >= 11 is 6.09. The molecule has 0 radical (unpaired) electrons. The highest BCUT2D eigenvalue weighted by Gasteiger charge is 2.15. The van der Waals surface area contributed by atoms with Gasteiger partial charge in [0.1, 0.15) is 5.82 Å². The SMILES string of the molecule is O=C(Nc1cc([N+](=O)[O-])ccc1F)c1cnn(Cc2ccccc2Cl)c1. The van der Waals surface area contributed by atoms with Crippen LogP contribution in [0, 0.1) is 15.9 Å². The highest BCUT2D eigenvalue weighted by atomic mass is 35.5. The first-order valence-electron chi connectivity index (χ1n) is 7.45. The zero-order valence-electron chi connectivity index (χ0n) is 13.2. The fourth-order valence-electron chi connectivity index (χ4n) is 2.29. The molecule has 26 heavy (non-hydrogen) atoms. The van der Waals surface area contributed by atoms with E-state index in [-0.39, 0.29) is 16.9 Å². The van der Waals surface area contributed by atoms with E-state index in [1.165, 1.54) is 17.1 Å². The average molecular weight is 375 g/mol. The third kappa shape index (κ3) is 3.86. The van der Waals surface area contributed by atoms with Crippen molar-refractivity contribution in [3.63, 3.8) is 0 Å². The first-order valence-corrected chi connectivity index (χ1v) is 7.83. The maximum Gasteiger partial charge on any atom is 0.271 e. The summed E-state index contributed by atoms with van der Waals surface area (Å²) in [5.41, 5.74) is 0.413. The summed E-state index contributed by atoms with van der Waals surface area (Å²) in [6, 6.07) is 10.1. The molecule has 1 heterocycles. The van der Waals surface area contributed by atoms with Crippen molar-refractivity contribution in [2.24, 2.45) is 0 Å². The maximum atomic E-state index is 13.8. The third-order valence-corrected chi connectivity index (χ3v) is 3.96. The summed E-state index contributed by atoms with van der Waals surface area (Å²) in [6.07, 6.45) is 2.80. The summed E-state index contributed by atoms with van der Waals surface area (Å²) in [6.45, 7) is 0.359. The van der Waals surface area contributed by atoms with E-state index in [1.54, 1.807) is 12.1 Å². The number of nitrogens with one attached hydrogen (secondary N) is 1. The first kappa shape index (κ1) is 17.6. The van der Waals surface area contributed by atoms with Crippen LogP contribution in [0.4, 0.5) is 15.8 Å². The van der Waals surface area contributed by atoms with Gasteiger partial charge >= 0.3 is 0 Å². The Hall–Kier alpha value is -3.26. The molecule has 0 saturated heterocycles. The monoisotopic (exact) mass is 374 g/mol. The quantitative estimate of drug-likeness (QED) is 0.542. The van der Waals surface area contributed by atoms with Gasteiger partial charge in [-0.1, -0.05) is 29.8 Å². The Balaban J connectivity index is 1.76. The van der Waals surface area contributed by atoms with Crippen LogP contribution >= 0.6 is 11.6 Å². The van der Waals surface area contributed by atoms with Crippen molar-refractivity contribution >= 4 is 28.9 Å². The van der Waals surface area contributed by atoms with E-state index in [1.807, 2.05) is 12.1 Å². The van der Waals surface area contributed by atoms with Gasteiger partial charge < -0.3 is 5.32 Å². The number of amides is 1. The number of carbonyl (C=O) groups excluding carboxylic acids is 1. The largest absolute Gasteiger partial charge is 0.319 e. The van der Waals surface area contributed by atoms with Crippen LogP contribution < -0.4 is 5.32 Å². The minimum Gasteiger partial charge on any atom is -0.319 e. The van der Waals surface area contributed by atoms with E-state index in [0.29, 0.717) is 11.6 Å². The Labute approximate surface area is 152 Å². The lowest BCUT2D eigenvalue weighted by molar-refractivity contribution is -0.384. The molecule has 2 aromatic carbocycles. The number of non-ortho nitro benzene ring substituents is 1. The molecule has 1 amide bonds. The van der Waals surface area contributed by atoms with Crippen molar-refractivity contribution in [1.82, 2.24) is 9.78 Å². The third-order valence-electron chi connectivity index (χ3n) is 3.59. The number of halogens is 2. The zero-order valence-corrected chi connectivity index (χ0v) is 14.0. The van der Waals surface area contributed by atoms with Gasteiger partial charge in [0.15, 0.2) is 0 Å². The Morgan fingerprint density at radius 3 is 2.81 bits per heavy atom. The van der Waals surface area contributed by atoms with Gasteiger partial charge in [-0.15, -0.1) is 0 Å². The fourth-order valence-corrected chi connectivity index (χ4v) is 2.48. The van der Waals surface area contributed by atoms with E-state index >= 15 is 0 Å². The lowest BCUT2D eigenvalue weighted by Crippen LogP contribution is -2.12. The summed E-state index contributed by atoms with van der Waals surface area (Å²) in [5, 5.41) is 17.7. The van der Waals surface area contributed by atoms with E-state index in [0.717, 1.165) is 23.8 Å². The summed E-state index contributed by atoms with van der Waals surface area (Å²) in [5.74, 6) is -1.40. The molecule has 0 bridgehead atoms. The lowest BCUT2D eigenvalue weighted by Gasteiger charge is -2.05. The molecule has 3 rings (SSSR count).